The number of hydrogen-bond acceptors (Lipinski definition) is 4. The van der Waals surface area contributed by atoms with Gasteiger partial charge in [-0.25, -0.2) is 9.18 Å². The van der Waals surface area contributed by atoms with Gasteiger partial charge in [0.1, 0.15) is 5.75 Å². The lowest BCUT2D eigenvalue weighted by molar-refractivity contribution is 0.0696. The van der Waals surface area contributed by atoms with E-state index in [0.717, 1.165) is 66.8 Å². The molecule has 0 saturated heterocycles. The summed E-state index contributed by atoms with van der Waals surface area (Å²) in [5.74, 6) is 0.0121. The predicted molar refractivity (Wildman–Crippen MR) is 141 cm³/mol. The highest BCUT2D eigenvalue weighted by atomic mass is 35.5. The fourth-order valence-corrected chi connectivity index (χ4v) is 4.74. The van der Waals surface area contributed by atoms with Crippen LogP contribution in [0.4, 0.5) is 4.39 Å². The van der Waals surface area contributed by atoms with Gasteiger partial charge in [0.15, 0.2) is 11.6 Å². The number of aromatic carboxylic acids is 1. The van der Waals surface area contributed by atoms with Crippen LogP contribution < -0.4 is 14.8 Å². The Morgan fingerprint density at radius 3 is 2.72 bits per heavy atom. The van der Waals surface area contributed by atoms with Crippen molar-refractivity contribution in [2.45, 2.75) is 44.6 Å². The molecule has 1 heterocycles. The number of para-hydroxylation sites is 1. The molecule has 0 aliphatic carbocycles. The molecule has 0 saturated carbocycles. The highest BCUT2D eigenvalue weighted by Gasteiger charge is 2.29. The lowest BCUT2D eigenvalue weighted by atomic mass is 9.82. The molecule has 0 unspecified atom stereocenters. The summed E-state index contributed by atoms with van der Waals surface area (Å²) >= 11 is 0. The fourth-order valence-electron chi connectivity index (χ4n) is 4.74. The van der Waals surface area contributed by atoms with Crippen molar-refractivity contribution in [2.24, 2.45) is 0 Å². The van der Waals surface area contributed by atoms with Crippen LogP contribution >= 0.6 is 12.4 Å². The number of carbonyl (C=O) groups is 1. The van der Waals surface area contributed by atoms with Crippen LogP contribution in [0.15, 0.2) is 60.7 Å². The zero-order chi connectivity index (χ0) is 24.8. The molecule has 0 bridgehead atoms. The minimum absolute atomic E-state index is 0. The molecule has 0 fully saturated rings. The van der Waals surface area contributed by atoms with Gasteiger partial charge in [-0.15, -0.1) is 12.4 Å². The third-order valence-electron chi connectivity index (χ3n) is 6.67. The monoisotopic (exact) mass is 513 g/mol. The molecule has 1 aliphatic heterocycles. The largest absolute Gasteiger partial charge is 0.494 e. The first kappa shape index (κ1) is 27.5. The molecule has 192 valence electrons. The molecule has 3 aromatic rings. The van der Waals surface area contributed by atoms with E-state index in [-0.39, 0.29) is 36.0 Å². The number of rotatable bonds is 10. The number of carboxylic acids is 1. The van der Waals surface area contributed by atoms with E-state index >= 15 is 0 Å². The Hall–Kier alpha value is -3.09. The van der Waals surface area contributed by atoms with Gasteiger partial charge in [-0.3, -0.25) is 0 Å². The summed E-state index contributed by atoms with van der Waals surface area (Å²) in [6, 6.07) is 18.8. The van der Waals surface area contributed by atoms with Crippen LogP contribution in [0.5, 0.6) is 11.5 Å². The molecule has 0 spiro atoms. The van der Waals surface area contributed by atoms with Gasteiger partial charge < -0.3 is 19.9 Å². The van der Waals surface area contributed by atoms with Crippen LogP contribution in [-0.4, -0.2) is 37.4 Å². The molecular weight excluding hydrogens is 481 g/mol. The van der Waals surface area contributed by atoms with Crippen molar-refractivity contribution in [1.29, 1.82) is 0 Å². The average Bonchev–Trinajstić information content (AvgIpc) is 2.86. The number of ether oxygens (including phenoxy) is 2. The minimum atomic E-state index is -0.897. The Morgan fingerprint density at radius 2 is 1.94 bits per heavy atom. The Morgan fingerprint density at radius 1 is 1.14 bits per heavy atom. The second-order valence-corrected chi connectivity index (χ2v) is 9.06. The summed E-state index contributed by atoms with van der Waals surface area (Å²) < 4.78 is 24.9. The number of carboxylic acid groups (broad SMARTS) is 1. The van der Waals surface area contributed by atoms with Crippen LogP contribution in [-0.2, 0) is 6.42 Å². The van der Waals surface area contributed by atoms with Crippen molar-refractivity contribution in [2.75, 3.05) is 20.2 Å². The maximum Gasteiger partial charge on any atom is 0.335 e. The topological polar surface area (TPSA) is 67.8 Å². The summed E-state index contributed by atoms with van der Waals surface area (Å²) in [5, 5.41) is 13.0. The summed E-state index contributed by atoms with van der Waals surface area (Å²) in [6.45, 7) is 3.48. The third-order valence-corrected chi connectivity index (χ3v) is 6.67. The highest BCUT2D eigenvalue weighted by molar-refractivity contribution is 5.89. The summed E-state index contributed by atoms with van der Waals surface area (Å²) in [7, 11) is 1.47. The van der Waals surface area contributed by atoms with E-state index < -0.39 is 5.97 Å². The zero-order valence-corrected chi connectivity index (χ0v) is 21.4. The number of methoxy groups -OCH3 is 1. The smallest absolute Gasteiger partial charge is 0.335 e. The number of nitrogens with one attached hydrogen (secondary N) is 1. The SMILES string of the molecule is COc1cc(CCNCCC[C@@H]2C[C@@H](c3ccc(C)c(C(=O)O)c3)c3ccccc3O2)ccc1F.Cl. The fraction of sp³-hybridized carbons (Fsp3) is 0.345. The third kappa shape index (κ3) is 6.56. The maximum atomic E-state index is 13.6. The summed E-state index contributed by atoms with van der Waals surface area (Å²) in [6.07, 6.45) is 3.54. The van der Waals surface area contributed by atoms with Crippen molar-refractivity contribution in [3.05, 3.63) is 94.3 Å². The Balaban J connectivity index is 0.00000361. The van der Waals surface area contributed by atoms with Gasteiger partial charge in [-0.05, 0) is 86.7 Å². The van der Waals surface area contributed by atoms with Crippen LogP contribution in [0.1, 0.15) is 57.8 Å². The van der Waals surface area contributed by atoms with Gasteiger partial charge in [0.25, 0.3) is 0 Å². The molecule has 0 aromatic heterocycles. The Labute approximate surface area is 218 Å². The van der Waals surface area contributed by atoms with E-state index in [1.807, 2.05) is 43.3 Å². The number of hydrogen-bond donors (Lipinski definition) is 2. The Kier molecular flexibility index (Phi) is 9.73. The number of aryl methyl sites for hydroxylation is 1. The van der Waals surface area contributed by atoms with Crippen LogP contribution in [0.2, 0.25) is 0 Å². The van der Waals surface area contributed by atoms with Crippen molar-refractivity contribution in [1.82, 2.24) is 5.32 Å². The van der Waals surface area contributed by atoms with Gasteiger partial charge in [-0.2, -0.15) is 0 Å². The first-order chi connectivity index (χ1) is 17.0. The van der Waals surface area contributed by atoms with E-state index in [4.69, 9.17) is 9.47 Å². The van der Waals surface area contributed by atoms with E-state index in [1.165, 1.54) is 13.2 Å². The highest BCUT2D eigenvalue weighted by Crippen LogP contribution is 2.41. The van der Waals surface area contributed by atoms with Crippen LogP contribution in [0.3, 0.4) is 0 Å². The van der Waals surface area contributed by atoms with Gasteiger partial charge in [0.05, 0.1) is 18.8 Å². The van der Waals surface area contributed by atoms with Gasteiger partial charge in [0.2, 0.25) is 0 Å². The number of benzene rings is 3. The molecule has 2 N–H and O–H groups in total. The van der Waals surface area contributed by atoms with Crippen molar-refractivity contribution in [3.8, 4) is 11.5 Å². The molecule has 2 atom stereocenters. The molecule has 4 rings (SSSR count). The molecule has 5 nitrogen and oxygen atoms in total. The van der Waals surface area contributed by atoms with Crippen molar-refractivity contribution >= 4 is 18.4 Å². The van der Waals surface area contributed by atoms with E-state index in [9.17, 15) is 14.3 Å². The normalized spacial score (nSPS) is 16.4. The first-order valence-electron chi connectivity index (χ1n) is 12.1. The quantitative estimate of drug-likeness (QED) is 0.318. The summed E-state index contributed by atoms with van der Waals surface area (Å²) in [4.78, 5) is 11.7. The van der Waals surface area contributed by atoms with E-state index in [0.29, 0.717) is 5.56 Å². The first-order valence-corrected chi connectivity index (χ1v) is 12.1. The van der Waals surface area contributed by atoms with E-state index in [2.05, 4.69) is 11.4 Å². The number of fused-ring (bicyclic) bond motifs is 1. The van der Waals surface area contributed by atoms with Crippen molar-refractivity contribution < 1.29 is 23.8 Å². The second kappa shape index (κ2) is 12.7. The minimum Gasteiger partial charge on any atom is -0.494 e. The van der Waals surface area contributed by atoms with Crippen LogP contribution in [0, 0.1) is 12.7 Å². The lowest BCUT2D eigenvalue weighted by Crippen LogP contribution is -2.28. The lowest BCUT2D eigenvalue weighted by Gasteiger charge is -2.33. The number of halogens is 2. The summed E-state index contributed by atoms with van der Waals surface area (Å²) in [5.41, 5.74) is 4.28. The van der Waals surface area contributed by atoms with E-state index in [1.54, 1.807) is 12.1 Å². The van der Waals surface area contributed by atoms with Gasteiger partial charge >= 0.3 is 5.97 Å². The predicted octanol–water partition coefficient (Wildman–Crippen LogP) is 6.16. The second-order valence-electron chi connectivity index (χ2n) is 9.06. The molecule has 7 heteroatoms. The zero-order valence-electron chi connectivity index (χ0n) is 20.6. The van der Waals surface area contributed by atoms with Gasteiger partial charge in [0, 0.05) is 11.5 Å². The Bertz CT molecular complexity index is 1190. The molecule has 0 amide bonds. The average molecular weight is 514 g/mol. The molecule has 1 aliphatic rings. The molecule has 3 aromatic carbocycles. The van der Waals surface area contributed by atoms with Gasteiger partial charge in [-0.1, -0.05) is 36.4 Å². The van der Waals surface area contributed by atoms with Crippen LogP contribution in [0.25, 0.3) is 0 Å². The standard InChI is InChI=1S/C29H32FNO4.ClH/c1-19-9-11-21(17-24(19)29(32)33)25-18-22(35-27-8-4-3-7-23(25)27)6-5-14-31-15-13-20-10-12-26(30)28(16-20)34-2;/h3-4,7-12,16-17,22,25,31H,5-6,13-15,18H2,1-2H3,(H,32,33);1H/t22-,25+;/m1./s1. The maximum absolute atomic E-state index is 13.6. The molecule has 36 heavy (non-hydrogen) atoms. The molecule has 0 radical (unpaired) electrons. The molecular formula is C29H33ClFNO4. The van der Waals surface area contributed by atoms with Crippen molar-refractivity contribution in [3.63, 3.8) is 0 Å².